The van der Waals surface area contributed by atoms with Gasteiger partial charge in [0, 0.05) is 31.8 Å². The van der Waals surface area contributed by atoms with Gasteiger partial charge in [-0.15, -0.1) is 0 Å². The molecule has 8 nitrogen and oxygen atoms in total. The van der Waals surface area contributed by atoms with Crippen molar-refractivity contribution in [3.8, 4) is 23.0 Å². The number of nitrogens with zero attached hydrogens (tertiary/aromatic N) is 2. The molecule has 1 aliphatic heterocycles. The molecule has 0 saturated carbocycles. The summed E-state index contributed by atoms with van der Waals surface area (Å²) in [5.41, 5.74) is 2.49. The largest absolute Gasteiger partial charge is 0.493 e. The van der Waals surface area contributed by atoms with Crippen LogP contribution in [0.1, 0.15) is 17.5 Å². The van der Waals surface area contributed by atoms with E-state index in [1.807, 2.05) is 0 Å². The van der Waals surface area contributed by atoms with E-state index in [1.54, 1.807) is 26.4 Å². The first kappa shape index (κ1) is 20.7. The van der Waals surface area contributed by atoms with Crippen LogP contribution in [-0.4, -0.2) is 50.8 Å². The Morgan fingerprint density at radius 2 is 1.69 bits per heavy atom. The number of hydrogen-bond acceptors (Lipinski definition) is 7. The van der Waals surface area contributed by atoms with Crippen LogP contribution in [0.15, 0.2) is 30.3 Å². The Morgan fingerprint density at radius 3 is 2.34 bits per heavy atom. The van der Waals surface area contributed by atoms with Gasteiger partial charge in [-0.05, 0) is 42.2 Å². The molecule has 156 valence electrons. The van der Waals surface area contributed by atoms with Gasteiger partial charge in [0.1, 0.15) is 5.75 Å². The molecule has 0 N–H and O–H groups in total. The van der Waals surface area contributed by atoms with Crippen molar-refractivity contribution in [1.82, 2.24) is 4.90 Å². The Morgan fingerprint density at radius 1 is 1.00 bits per heavy atom. The van der Waals surface area contributed by atoms with Gasteiger partial charge in [-0.2, -0.15) is 0 Å². The molecular weight excluding hydrogens is 376 g/mol. The minimum absolute atomic E-state index is 0.0705. The quantitative estimate of drug-likeness (QED) is 0.361. The van der Waals surface area contributed by atoms with Gasteiger partial charge in [-0.1, -0.05) is 0 Å². The zero-order valence-electron chi connectivity index (χ0n) is 17.0. The van der Waals surface area contributed by atoms with E-state index in [0.717, 1.165) is 44.0 Å². The summed E-state index contributed by atoms with van der Waals surface area (Å²) < 4.78 is 21.6. The molecule has 0 amide bonds. The van der Waals surface area contributed by atoms with E-state index in [0.29, 0.717) is 12.4 Å². The maximum atomic E-state index is 11.0. The first-order valence-electron chi connectivity index (χ1n) is 9.47. The van der Waals surface area contributed by atoms with Gasteiger partial charge in [0.15, 0.2) is 11.5 Å². The molecule has 2 aromatic carbocycles. The number of hydrogen-bond donors (Lipinski definition) is 0. The molecule has 0 fully saturated rings. The standard InChI is InChI=1S/C21H26N2O6/c1-26-19-13-17(5-6-18(19)23(24)25)29-10-4-8-22-9-7-15-11-20(27-2)21(28-3)12-16(15)14-22/h5-6,11-13H,4,7-10,14H2,1-3H3. The molecule has 29 heavy (non-hydrogen) atoms. The van der Waals surface area contributed by atoms with E-state index in [2.05, 4.69) is 17.0 Å². The van der Waals surface area contributed by atoms with Crippen LogP contribution >= 0.6 is 0 Å². The average molecular weight is 402 g/mol. The van der Waals surface area contributed by atoms with Crippen molar-refractivity contribution in [3.63, 3.8) is 0 Å². The van der Waals surface area contributed by atoms with Crippen molar-refractivity contribution < 1.29 is 23.9 Å². The third-order valence-corrected chi connectivity index (χ3v) is 5.03. The highest BCUT2D eigenvalue weighted by molar-refractivity contribution is 5.50. The van der Waals surface area contributed by atoms with Crippen LogP contribution < -0.4 is 18.9 Å². The third kappa shape index (κ3) is 4.89. The summed E-state index contributed by atoms with van der Waals surface area (Å²) in [7, 11) is 4.71. The van der Waals surface area contributed by atoms with Gasteiger partial charge >= 0.3 is 5.69 Å². The van der Waals surface area contributed by atoms with E-state index in [-0.39, 0.29) is 11.4 Å². The van der Waals surface area contributed by atoms with Gasteiger partial charge in [0.2, 0.25) is 5.75 Å². The molecule has 2 aromatic rings. The van der Waals surface area contributed by atoms with Crippen LogP contribution in [0.2, 0.25) is 0 Å². The molecule has 0 saturated heterocycles. The number of benzene rings is 2. The Hall–Kier alpha value is -3.00. The number of nitro benzene ring substituents is 1. The van der Waals surface area contributed by atoms with E-state index in [9.17, 15) is 10.1 Å². The lowest BCUT2D eigenvalue weighted by Gasteiger charge is -2.29. The first-order valence-corrected chi connectivity index (χ1v) is 9.47. The van der Waals surface area contributed by atoms with Crippen LogP contribution in [0.25, 0.3) is 0 Å². The molecule has 3 rings (SSSR count). The maximum Gasteiger partial charge on any atom is 0.311 e. The van der Waals surface area contributed by atoms with Crippen molar-refractivity contribution in [1.29, 1.82) is 0 Å². The second kappa shape index (κ2) is 9.47. The number of ether oxygens (including phenoxy) is 4. The monoisotopic (exact) mass is 402 g/mol. The molecule has 1 aliphatic rings. The first-order chi connectivity index (χ1) is 14.0. The highest BCUT2D eigenvalue weighted by Gasteiger charge is 2.19. The fourth-order valence-electron chi connectivity index (χ4n) is 3.51. The number of methoxy groups -OCH3 is 3. The van der Waals surface area contributed by atoms with E-state index >= 15 is 0 Å². The van der Waals surface area contributed by atoms with Crippen LogP contribution in [0.5, 0.6) is 23.0 Å². The Bertz CT molecular complexity index is 870. The average Bonchev–Trinajstić information content (AvgIpc) is 2.75. The van der Waals surface area contributed by atoms with Gasteiger partial charge in [-0.3, -0.25) is 15.0 Å². The fraction of sp³-hybridized carbons (Fsp3) is 0.429. The Labute approximate surface area is 170 Å². The van der Waals surface area contributed by atoms with Crippen LogP contribution in [0.3, 0.4) is 0 Å². The summed E-state index contributed by atoms with van der Waals surface area (Å²) in [6.45, 7) is 3.27. The molecule has 0 bridgehead atoms. The zero-order valence-corrected chi connectivity index (χ0v) is 17.0. The molecule has 0 atom stereocenters. The van der Waals surface area contributed by atoms with Crippen molar-refractivity contribution in [2.75, 3.05) is 41.0 Å². The van der Waals surface area contributed by atoms with Crippen molar-refractivity contribution in [2.24, 2.45) is 0 Å². The zero-order chi connectivity index (χ0) is 20.8. The minimum atomic E-state index is -0.471. The lowest BCUT2D eigenvalue weighted by Crippen LogP contribution is -2.32. The molecule has 1 heterocycles. The summed E-state index contributed by atoms with van der Waals surface area (Å²) >= 11 is 0. The van der Waals surface area contributed by atoms with Crippen molar-refractivity contribution in [2.45, 2.75) is 19.4 Å². The maximum absolute atomic E-state index is 11.0. The highest BCUT2D eigenvalue weighted by Crippen LogP contribution is 2.33. The topological polar surface area (TPSA) is 83.3 Å². The van der Waals surface area contributed by atoms with Crippen molar-refractivity contribution >= 4 is 5.69 Å². The van der Waals surface area contributed by atoms with Gasteiger partial charge < -0.3 is 18.9 Å². The molecule has 0 aromatic heterocycles. The van der Waals surface area contributed by atoms with Crippen LogP contribution in [0, 0.1) is 10.1 Å². The summed E-state index contributed by atoms with van der Waals surface area (Å²) in [5.74, 6) is 2.29. The SMILES string of the molecule is COc1cc2c(cc1OC)CN(CCCOc1ccc([N+](=O)[O-])c(OC)c1)CC2. The lowest BCUT2D eigenvalue weighted by atomic mass is 9.98. The second-order valence-corrected chi connectivity index (χ2v) is 6.79. The van der Waals surface area contributed by atoms with Crippen LogP contribution in [-0.2, 0) is 13.0 Å². The second-order valence-electron chi connectivity index (χ2n) is 6.79. The summed E-state index contributed by atoms with van der Waals surface area (Å²) in [6, 6.07) is 8.67. The van der Waals surface area contributed by atoms with Gasteiger partial charge in [-0.25, -0.2) is 0 Å². The van der Waals surface area contributed by atoms with Crippen LogP contribution in [0.4, 0.5) is 5.69 Å². The Balaban J connectivity index is 1.51. The predicted molar refractivity (Wildman–Crippen MR) is 108 cm³/mol. The summed E-state index contributed by atoms with van der Waals surface area (Å²) in [6.07, 6.45) is 1.82. The Kier molecular flexibility index (Phi) is 6.77. The molecular formula is C21H26N2O6. The van der Waals surface area contributed by atoms with Crippen molar-refractivity contribution in [3.05, 3.63) is 51.6 Å². The third-order valence-electron chi connectivity index (χ3n) is 5.03. The highest BCUT2D eigenvalue weighted by atomic mass is 16.6. The number of nitro groups is 1. The normalized spacial score (nSPS) is 13.5. The fourth-order valence-corrected chi connectivity index (χ4v) is 3.51. The van der Waals surface area contributed by atoms with Gasteiger partial charge in [0.25, 0.3) is 0 Å². The summed E-state index contributed by atoms with van der Waals surface area (Å²) in [5, 5.41) is 11.0. The smallest absolute Gasteiger partial charge is 0.311 e. The van der Waals surface area contributed by atoms with E-state index in [1.165, 1.54) is 24.3 Å². The number of rotatable bonds is 9. The van der Waals surface area contributed by atoms with Gasteiger partial charge in [0.05, 0.1) is 32.9 Å². The van der Waals surface area contributed by atoms with E-state index < -0.39 is 4.92 Å². The minimum Gasteiger partial charge on any atom is -0.493 e. The molecule has 0 radical (unpaired) electrons. The molecule has 8 heteroatoms. The lowest BCUT2D eigenvalue weighted by molar-refractivity contribution is -0.385. The summed E-state index contributed by atoms with van der Waals surface area (Å²) in [4.78, 5) is 12.9. The predicted octanol–water partition coefficient (Wildman–Crippen LogP) is 3.45. The molecule has 0 spiro atoms. The molecule has 0 aliphatic carbocycles. The molecule has 0 unspecified atom stereocenters. The number of fused-ring (bicyclic) bond motifs is 1. The van der Waals surface area contributed by atoms with E-state index in [4.69, 9.17) is 18.9 Å².